The normalized spacial score (nSPS) is 10.3. The molecule has 0 bridgehead atoms. The minimum Gasteiger partial charge on any atom is -0.355 e. The summed E-state index contributed by atoms with van der Waals surface area (Å²) in [5, 5.41) is 5.46. The van der Waals surface area contributed by atoms with Crippen LogP contribution in [0, 0.1) is 0 Å². The van der Waals surface area contributed by atoms with Crippen LogP contribution in [0.25, 0.3) is 0 Å². The minimum absolute atomic E-state index is 0.109. The number of carbonyl (C=O) groups is 2. The smallest absolute Gasteiger partial charge is 0.229 e. The molecule has 0 aliphatic rings. The van der Waals surface area contributed by atoms with E-state index in [0.717, 1.165) is 13.0 Å². The maximum Gasteiger partial charge on any atom is 0.229 e. The van der Waals surface area contributed by atoms with Crippen molar-refractivity contribution in [3.63, 3.8) is 0 Å². The van der Waals surface area contributed by atoms with E-state index in [2.05, 4.69) is 10.6 Å². The third-order valence-corrected chi connectivity index (χ3v) is 2.78. The molecule has 1 aromatic carbocycles. The molecule has 0 atom stereocenters. The van der Waals surface area contributed by atoms with Crippen molar-refractivity contribution >= 4 is 11.8 Å². The molecule has 0 aliphatic heterocycles. The van der Waals surface area contributed by atoms with Crippen molar-refractivity contribution in [1.29, 1.82) is 0 Å². The zero-order chi connectivity index (χ0) is 14.8. The van der Waals surface area contributed by atoms with E-state index in [4.69, 9.17) is 0 Å². The van der Waals surface area contributed by atoms with Gasteiger partial charge in [0, 0.05) is 19.6 Å². The Morgan fingerprint density at radius 2 is 1.60 bits per heavy atom. The Labute approximate surface area is 120 Å². The van der Waals surface area contributed by atoms with E-state index in [9.17, 15) is 9.59 Å². The summed E-state index contributed by atoms with van der Waals surface area (Å²) in [4.78, 5) is 25.0. The van der Waals surface area contributed by atoms with Crippen molar-refractivity contribution in [3.05, 3.63) is 35.9 Å². The highest BCUT2D eigenvalue weighted by molar-refractivity contribution is 5.96. The molecule has 20 heavy (non-hydrogen) atoms. The van der Waals surface area contributed by atoms with Gasteiger partial charge in [-0.2, -0.15) is 0 Å². The maximum atomic E-state index is 11.6. The molecule has 0 aliphatic carbocycles. The van der Waals surface area contributed by atoms with Gasteiger partial charge in [-0.15, -0.1) is 0 Å². The molecule has 0 saturated carbocycles. The van der Waals surface area contributed by atoms with Gasteiger partial charge >= 0.3 is 0 Å². The van der Waals surface area contributed by atoms with Crippen molar-refractivity contribution in [3.8, 4) is 0 Å². The Hall–Kier alpha value is -1.88. The topological polar surface area (TPSA) is 61.4 Å². The molecule has 0 fully saturated rings. The van der Waals surface area contributed by atoms with E-state index in [-0.39, 0.29) is 18.2 Å². The number of amides is 2. The van der Waals surface area contributed by atoms with Crippen LogP contribution in [0.3, 0.4) is 0 Å². The molecule has 0 heterocycles. The first-order valence-corrected chi connectivity index (χ1v) is 6.80. The van der Waals surface area contributed by atoms with Crippen molar-refractivity contribution in [2.24, 2.45) is 0 Å². The Morgan fingerprint density at radius 1 is 1.00 bits per heavy atom. The molecule has 2 amide bonds. The largest absolute Gasteiger partial charge is 0.355 e. The number of hydrogen-bond donors (Lipinski definition) is 2. The van der Waals surface area contributed by atoms with Crippen LogP contribution in [-0.2, 0) is 16.0 Å². The third-order valence-electron chi connectivity index (χ3n) is 2.78. The lowest BCUT2D eigenvalue weighted by Crippen LogP contribution is -2.35. The lowest BCUT2D eigenvalue weighted by Gasteiger charge is -2.10. The number of nitrogens with zero attached hydrogens (tertiary/aromatic N) is 1. The van der Waals surface area contributed by atoms with Crippen LogP contribution in [0.2, 0.25) is 0 Å². The molecule has 110 valence electrons. The lowest BCUT2D eigenvalue weighted by molar-refractivity contribution is -0.129. The number of nitrogens with one attached hydrogen (secondary N) is 2. The Morgan fingerprint density at radius 3 is 2.20 bits per heavy atom. The molecule has 1 aromatic rings. The second-order valence-corrected chi connectivity index (χ2v) is 4.92. The molecule has 0 aromatic heterocycles. The van der Waals surface area contributed by atoms with Crippen LogP contribution < -0.4 is 10.6 Å². The van der Waals surface area contributed by atoms with Crippen LogP contribution in [0.15, 0.2) is 30.3 Å². The average Bonchev–Trinajstić information content (AvgIpc) is 2.39. The van der Waals surface area contributed by atoms with Crippen LogP contribution in [-0.4, -0.2) is 50.4 Å². The molecular formula is C15H23N3O2. The predicted octanol–water partition coefficient (Wildman–Crippen LogP) is 0.413. The second-order valence-electron chi connectivity index (χ2n) is 4.92. The summed E-state index contributed by atoms with van der Waals surface area (Å²) in [7, 11) is 3.87. The molecule has 2 N–H and O–H groups in total. The third kappa shape index (κ3) is 7.53. The van der Waals surface area contributed by atoms with E-state index in [1.807, 2.05) is 49.3 Å². The quantitative estimate of drug-likeness (QED) is 0.677. The molecule has 1 rings (SSSR count). The Kier molecular flexibility index (Phi) is 7.35. The summed E-state index contributed by atoms with van der Waals surface area (Å²) in [5.41, 5.74) is 1.17. The SMILES string of the molecule is CN(C)CCNC(=O)CC(=O)NCCc1ccccc1. The van der Waals surface area contributed by atoms with Crippen LogP contribution in [0.1, 0.15) is 12.0 Å². The summed E-state index contributed by atoms with van der Waals surface area (Å²) in [5.74, 6) is -0.465. The molecule has 0 saturated heterocycles. The van der Waals surface area contributed by atoms with Gasteiger partial charge in [0.2, 0.25) is 11.8 Å². The van der Waals surface area contributed by atoms with E-state index in [1.165, 1.54) is 5.56 Å². The number of hydrogen-bond acceptors (Lipinski definition) is 3. The van der Waals surface area contributed by atoms with Gasteiger partial charge in [-0.05, 0) is 26.1 Å². The number of benzene rings is 1. The first kappa shape index (κ1) is 16.2. The highest BCUT2D eigenvalue weighted by Crippen LogP contribution is 1.98. The van der Waals surface area contributed by atoms with Crippen molar-refractivity contribution in [2.75, 3.05) is 33.7 Å². The Balaban J connectivity index is 2.12. The number of likely N-dealkylation sites (N-methyl/N-ethyl adjacent to an activating group) is 1. The van der Waals surface area contributed by atoms with Gasteiger partial charge < -0.3 is 15.5 Å². The molecule has 5 heteroatoms. The standard InChI is InChI=1S/C15H23N3O2/c1-18(2)11-10-17-15(20)12-14(19)16-9-8-13-6-4-3-5-7-13/h3-7H,8-12H2,1-2H3,(H,16,19)(H,17,20). The summed E-state index contributed by atoms with van der Waals surface area (Å²) in [6.45, 7) is 1.87. The van der Waals surface area contributed by atoms with Gasteiger partial charge in [0.25, 0.3) is 0 Å². The number of rotatable bonds is 8. The molecule has 5 nitrogen and oxygen atoms in total. The summed E-state index contributed by atoms with van der Waals surface area (Å²) >= 11 is 0. The van der Waals surface area contributed by atoms with E-state index < -0.39 is 0 Å². The van der Waals surface area contributed by atoms with Gasteiger partial charge in [0.1, 0.15) is 6.42 Å². The molecular weight excluding hydrogens is 254 g/mol. The first-order chi connectivity index (χ1) is 9.58. The number of carbonyl (C=O) groups excluding carboxylic acids is 2. The molecule has 0 radical (unpaired) electrons. The highest BCUT2D eigenvalue weighted by Gasteiger charge is 2.08. The van der Waals surface area contributed by atoms with E-state index >= 15 is 0 Å². The van der Waals surface area contributed by atoms with Gasteiger partial charge in [-0.1, -0.05) is 30.3 Å². The average molecular weight is 277 g/mol. The predicted molar refractivity (Wildman–Crippen MR) is 79.3 cm³/mol. The highest BCUT2D eigenvalue weighted by atomic mass is 16.2. The monoisotopic (exact) mass is 277 g/mol. The lowest BCUT2D eigenvalue weighted by atomic mass is 10.1. The van der Waals surface area contributed by atoms with Crippen LogP contribution in [0.5, 0.6) is 0 Å². The van der Waals surface area contributed by atoms with Crippen LogP contribution >= 0.6 is 0 Å². The van der Waals surface area contributed by atoms with Crippen molar-refractivity contribution in [2.45, 2.75) is 12.8 Å². The zero-order valence-electron chi connectivity index (χ0n) is 12.2. The fourth-order valence-corrected chi connectivity index (χ4v) is 1.68. The van der Waals surface area contributed by atoms with Gasteiger partial charge in [-0.25, -0.2) is 0 Å². The molecule has 0 spiro atoms. The summed E-state index contributed by atoms with van der Waals surface area (Å²) < 4.78 is 0. The van der Waals surface area contributed by atoms with E-state index in [0.29, 0.717) is 13.1 Å². The van der Waals surface area contributed by atoms with Gasteiger partial charge in [0.15, 0.2) is 0 Å². The summed E-state index contributed by atoms with van der Waals surface area (Å²) in [6, 6.07) is 9.92. The second kappa shape index (κ2) is 9.09. The first-order valence-electron chi connectivity index (χ1n) is 6.80. The van der Waals surface area contributed by atoms with Crippen molar-refractivity contribution < 1.29 is 9.59 Å². The van der Waals surface area contributed by atoms with Gasteiger partial charge in [0.05, 0.1) is 0 Å². The molecule has 0 unspecified atom stereocenters. The van der Waals surface area contributed by atoms with Crippen molar-refractivity contribution in [1.82, 2.24) is 15.5 Å². The minimum atomic E-state index is -0.233. The van der Waals surface area contributed by atoms with E-state index in [1.54, 1.807) is 0 Å². The zero-order valence-corrected chi connectivity index (χ0v) is 12.2. The van der Waals surface area contributed by atoms with Crippen LogP contribution in [0.4, 0.5) is 0 Å². The maximum absolute atomic E-state index is 11.6. The van der Waals surface area contributed by atoms with Gasteiger partial charge in [-0.3, -0.25) is 9.59 Å². The fraction of sp³-hybridized carbons (Fsp3) is 0.467. The summed E-state index contributed by atoms with van der Waals surface area (Å²) in [6.07, 6.45) is 0.664. The Bertz CT molecular complexity index is 418. The fourth-order valence-electron chi connectivity index (χ4n) is 1.68.